The van der Waals surface area contributed by atoms with Gasteiger partial charge in [-0.05, 0) is 38.5 Å². The van der Waals surface area contributed by atoms with E-state index in [0.717, 1.165) is 11.3 Å². The summed E-state index contributed by atoms with van der Waals surface area (Å²) in [6, 6.07) is 10.1. The summed E-state index contributed by atoms with van der Waals surface area (Å²) in [6.45, 7) is 5.45. The van der Waals surface area contributed by atoms with Gasteiger partial charge < -0.3 is 10.2 Å². The molecule has 1 amide bonds. The molecule has 0 atom stereocenters. The van der Waals surface area contributed by atoms with E-state index in [2.05, 4.69) is 21.6 Å². The fourth-order valence-electron chi connectivity index (χ4n) is 1.77. The van der Waals surface area contributed by atoms with Gasteiger partial charge in [-0.2, -0.15) is 5.26 Å². The second-order valence-electron chi connectivity index (χ2n) is 5.78. The number of nitrogens with one attached hydrogen (secondary N) is 1. The van der Waals surface area contributed by atoms with Crippen LogP contribution in [-0.2, 0) is 4.79 Å². The van der Waals surface area contributed by atoms with Crippen LogP contribution in [-0.4, -0.2) is 39.3 Å². The molecule has 0 aliphatic rings. The minimum atomic E-state index is -0.823. The quantitative estimate of drug-likeness (QED) is 0.794. The Balaban J connectivity index is 1.92. The molecule has 1 aromatic heterocycles. The monoisotopic (exact) mass is 361 g/mol. The number of amides is 1. The first-order valence-electron chi connectivity index (χ1n) is 7.30. The Morgan fingerprint density at radius 1 is 1.46 bits per heavy atom. The van der Waals surface area contributed by atoms with Crippen LogP contribution in [0.15, 0.2) is 28.6 Å². The van der Waals surface area contributed by atoms with Gasteiger partial charge in [0.25, 0.3) is 0 Å². The summed E-state index contributed by atoms with van der Waals surface area (Å²) in [6.07, 6.45) is 0. The molecule has 0 saturated heterocycles. The molecule has 2 rings (SSSR count). The van der Waals surface area contributed by atoms with Crippen LogP contribution in [0.5, 0.6) is 0 Å². The number of hydrogen-bond donors (Lipinski definition) is 1. The molecule has 8 heteroatoms. The largest absolute Gasteiger partial charge is 0.330 e. The average Bonchev–Trinajstić information content (AvgIpc) is 2.99. The minimum absolute atomic E-state index is 0.116. The molecule has 1 N–H and O–H groups in total. The Labute approximate surface area is 149 Å². The molecule has 0 radical (unpaired) electrons. The van der Waals surface area contributed by atoms with Gasteiger partial charge in [-0.3, -0.25) is 4.79 Å². The van der Waals surface area contributed by atoms with E-state index >= 15 is 0 Å². The average molecular weight is 361 g/mol. The smallest absolute Gasteiger partial charge is 0.234 e. The second-order valence-corrected chi connectivity index (χ2v) is 7.98. The summed E-state index contributed by atoms with van der Waals surface area (Å²) in [5.41, 5.74) is 1.29. The molecule has 0 saturated carbocycles. The molecule has 0 bridgehead atoms. The van der Waals surface area contributed by atoms with E-state index in [-0.39, 0.29) is 11.7 Å². The van der Waals surface area contributed by atoms with E-state index in [1.807, 2.05) is 31.2 Å². The number of aromatic nitrogens is 2. The van der Waals surface area contributed by atoms with Gasteiger partial charge in [0.2, 0.25) is 11.0 Å². The van der Waals surface area contributed by atoms with Gasteiger partial charge in [0.1, 0.15) is 5.54 Å². The van der Waals surface area contributed by atoms with Crippen LogP contribution < -0.4 is 5.32 Å². The van der Waals surface area contributed by atoms with Gasteiger partial charge in [-0.15, -0.1) is 10.2 Å². The van der Waals surface area contributed by atoms with Crippen molar-refractivity contribution in [1.82, 2.24) is 15.1 Å². The highest BCUT2D eigenvalue weighted by Gasteiger charge is 2.27. The van der Waals surface area contributed by atoms with Crippen molar-refractivity contribution in [3.05, 3.63) is 29.8 Å². The second kappa shape index (κ2) is 7.64. The third kappa shape index (κ3) is 4.69. The van der Waals surface area contributed by atoms with E-state index in [4.69, 9.17) is 5.26 Å². The number of carbonyl (C=O) groups excluding carboxylic acids is 1. The molecule has 0 aliphatic carbocycles. The lowest BCUT2D eigenvalue weighted by Crippen LogP contribution is -2.44. The van der Waals surface area contributed by atoms with Crippen LogP contribution in [0.4, 0.5) is 10.8 Å². The van der Waals surface area contributed by atoms with E-state index in [1.54, 1.807) is 20.9 Å². The molecule has 1 aromatic carbocycles. The van der Waals surface area contributed by atoms with Crippen LogP contribution in [0.3, 0.4) is 0 Å². The van der Waals surface area contributed by atoms with E-state index in [1.165, 1.54) is 28.0 Å². The normalized spacial score (nSPS) is 11.0. The van der Waals surface area contributed by atoms with E-state index in [9.17, 15) is 4.79 Å². The molecule has 0 aliphatic heterocycles. The predicted molar refractivity (Wildman–Crippen MR) is 97.6 cm³/mol. The molecule has 126 valence electrons. The van der Waals surface area contributed by atoms with Gasteiger partial charge in [-0.25, -0.2) is 0 Å². The molecular formula is C16H19N5OS2. The summed E-state index contributed by atoms with van der Waals surface area (Å²) >= 11 is 2.72. The van der Waals surface area contributed by atoms with Crippen LogP contribution in [0, 0.1) is 18.3 Å². The first-order valence-corrected chi connectivity index (χ1v) is 9.10. The Kier molecular flexibility index (Phi) is 5.80. The number of benzene rings is 1. The molecule has 0 fully saturated rings. The lowest BCUT2D eigenvalue weighted by atomic mass is 10.1. The first-order chi connectivity index (χ1) is 11.3. The number of thioether (sulfide) groups is 1. The van der Waals surface area contributed by atoms with Gasteiger partial charge in [0.05, 0.1) is 11.8 Å². The van der Waals surface area contributed by atoms with Crippen LogP contribution >= 0.6 is 23.1 Å². The molecule has 6 nitrogen and oxygen atoms in total. The van der Waals surface area contributed by atoms with E-state index < -0.39 is 5.54 Å². The maximum absolute atomic E-state index is 12.2. The zero-order valence-electron chi connectivity index (χ0n) is 14.0. The standard InChI is InChI=1S/C16H19N5OS2/c1-11-6-5-7-12(8-11)18-14-19-20-15(24-14)23-9-13(22)21(4)16(2,3)10-17/h5-8H,9H2,1-4H3,(H,18,19). The number of aryl methyl sites for hydroxylation is 1. The molecule has 0 spiro atoms. The molecule has 24 heavy (non-hydrogen) atoms. The third-order valence-electron chi connectivity index (χ3n) is 3.48. The minimum Gasteiger partial charge on any atom is -0.330 e. The maximum Gasteiger partial charge on any atom is 0.234 e. The number of hydrogen-bond acceptors (Lipinski definition) is 7. The molecule has 0 unspecified atom stereocenters. The Morgan fingerprint density at radius 3 is 2.88 bits per heavy atom. The topological polar surface area (TPSA) is 81.9 Å². The summed E-state index contributed by atoms with van der Waals surface area (Å²) < 4.78 is 0.710. The van der Waals surface area contributed by atoms with Crippen molar-refractivity contribution in [2.45, 2.75) is 30.6 Å². The Bertz CT molecular complexity index is 766. The molecule has 1 heterocycles. The number of nitrogens with zero attached hydrogens (tertiary/aromatic N) is 4. The first kappa shape index (κ1) is 18.2. The lowest BCUT2D eigenvalue weighted by molar-refractivity contribution is -0.130. The number of rotatable bonds is 6. The third-order valence-corrected chi connectivity index (χ3v) is 5.44. The van der Waals surface area contributed by atoms with Gasteiger partial charge in [0.15, 0.2) is 4.34 Å². The Morgan fingerprint density at radius 2 is 2.21 bits per heavy atom. The van der Waals surface area contributed by atoms with Gasteiger partial charge in [0, 0.05) is 12.7 Å². The summed E-state index contributed by atoms with van der Waals surface area (Å²) in [4.78, 5) is 13.6. The maximum atomic E-state index is 12.2. The van der Waals surface area contributed by atoms with Crippen molar-refractivity contribution in [2.75, 3.05) is 18.1 Å². The fraction of sp³-hybridized carbons (Fsp3) is 0.375. The lowest BCUT2D eigenvalue weighted by Gasteiger charge is -2.28. The van der Waals surface area contributed by atoms with Crippen molar-refractivity contribution >= 4 is 39.8 Å². The number of nitriles is 1. The van der Waals surface area contributed by atoms with Crippen molar-refractivity contribution in [3.8, 4) is 6.07 Å². The fourth-order valence-corrected chi connectivity index (χ4v) is 3.46. The summed E-state index contributed by atoms with van der Waals surface area (Å²) in [5.74, 6) is 0.107. The molecule has 2 aromatic rings. The summed E-state index contributed by atoms with van der Waals surface area (Å²) in [7, 11) is 1.64. The van der Waals surface area contributed by atoms with Crippen molar-refractivity contribution in [3.63, 3.8) is 0 Å². The van der Waals surface area contributed by atoms with Crippen LogP contribution in [0.1, 0.15) is 19.4 Å². The van der Waals surface area contributed by atoms with E-state index in [0.29, 0.717) is 9.47 Å². The highest BCUT2D eigenvalue weighted by molar-refractivity contribution is 8.01. The zero-order chi connectivity index (χ0) is 17.7. The van der Waals surface area contributed by atoms with Crippen molar-refractivity contribution < 1.29 is 4.79 Å². The van der Waals surface area contributed by atoms with Gasteiger partial charge in [-0.1, -0.05) is 35.2 Å². The highest BCUT2D eigenvalue weighted by atomic mass is 32.2. The van der Waals surface area contributed by atoms with Crippen molar-refractivity contribution in [1.29, 1.82) is 5.26 Å². The van der Waals surface area contributed by atoms with Crippen molar-refractivity contribution in [2.24, 2.45) is 0 Å². The van der Waals surface area contributed by atoms with Gasteiger partial charge >= 0.3 is 0 Å². The van der Waals surface area contributed by atoms with Crippen LogP contribution in [0.25, 0.3) is 0 Å². The number of anilines is 2. The summed E-state index contributed by atoms with van der Waals surface area (Å²) in [5, 5.41) is 21.1. The highest BCUT2D eigenvalue weighted by Crippen LogP contribution is 2.28. The molecular weight excluding hydrogens is 342 g/mol. The zero-order valence-corrected chi connectivity index (χ0v) is 15.7. The number of carbonyl (C=O) groups is 1. The Hall–Kier alpha value is -2.11. The van der Waals surface area contributed by atoms with Crippen LogP contribution in [0.2, 0.25) is 0 Å². The predicted octanol–water partition coefficient (Wildman–Crippen LogP) is 3.44. The SMILES string of the molecule is Cc1cccc(Nc2nnc(SCC(=O)N(C)C(C)(C)C#N)s2)c1.